The number of aromatic nitrogens is 1. The zero-order chi connectivity index (χ0) is 28.6. The number of nitrogens with zero attached hydrogens (tertiary/aromatic N) is 3. The number of hydrogen-bond acceptors (Lipinski definition) is 10. The van der Waals surface area contributed by atoms with Crippen molar-refractivity contribution >= 4 is 35.0 Å². The molecule has 0 spiro atoms. The highest BCUT2D eigenvalue weighted by molar-refractivity contribution is 7.07. The van der Waals surface area contributed by atoms with Gasteiger partial charge in [0.15, 0.2) is 22.2 Å². The van der Waals surface area contributed by atoms with Crippen molar-refractivity contribution in [1.82, 2.24) is 4.57 Å². The summed E-state index contributed by atoms with van der Waals surface area (Å²) in [5, 5.41) is 0. The van der Waals surface area contributed by atoms with E-state index in [4.69, 9.17) is 28.4 Å². The normalized spacial score (nSPS) is 18.2. The van der Waals surface area contributed by atoms with Crippen LogP contribution in [-0.2, 0) is 14.3 Å². The number of esters is 1. The van der Waals surface area contributed by atoms with Crippen LogP contribution in [0.5, 0.6) is 11.5 Å². The van der Waals surface area contributed by atoms with Gasteiger partial charge in [-0.15, -0.1) is 0 Å². The summed E-state index contributed by atoms with van der Waals surface area (Å²) in [7, 11) is 0. The molecule has 1 saturated heterocycles. The van der Waals surface area contributed by atoms with Crippen LogP contribution < -0.4 is 29.3 Å². The Morgan fingerprint density at radius 3 is 2.69 bits per heavy atom. The molecule has 7 rings (SSSR count). The Morgan fingerprint density at radius 2 is 1.88 bits per heavy atom. The van der Waals surface area contributed by atoms with Crippen molar-refractivity contribution in [2.24, 2.45) is 4.99 Å². The van der Waals surface area contributed by atoms with Crippen molar-refractivity contribution in [3.05, 3.63) is 103 Å². The van der Waals surface area contributed by atoms with Crippen LogP contribution in [0.25, 0.3) is 11.8 Å². The standard InChI is InChI=1S/C31H27N3O7S/c1-2-38-30(36)26-27(19-6-4-3-5-7-19)32-31-34(28(26)20-8-10-22-23(16-20)40-18-39-22)29(35)24(42-31)17-21-9-11-25(41-21)33-12-14-37-15-13-33/h3-11,16-17,28H,2,12-15,18H2,1H3/t28-/m0/s1. The minimum Gasteiger partial charge on any atom is -0.463 e. The molecule has 0 unspecified atom stereocenters. The van der Waals surface area contributed by atoms with Gasteiger partial charge in [-0.25, -0.2) is 9.79 Å². The average molecular weight is 586 g/mol. The summed E-state index contributed by atoms with van der Waals surface area (Å²) in [6, 6.07) is 17.8. The van der Waals surface area contributed by atoms with Gasteiger partial charge >= 0.3 is 5.97 Å². The highest BCUT2D eigenvalue weighted by Crippen LogP contribution is 2.40. The van der Waals surface area contributed by atoms with E-state index >= 15 is 0 Å². The Labute approximate surface area is 244 Å². The largest absolute Gasteiger partial charge is 0.463 e. The molecule has 0 aliphatic carbocycles. The van der Waals surface area contributed by atoms with Gasteiger partial charge in [-0.05, 0) is 30.7 Å². The van der Waals surface area contributed by atoms with Crippen LogP contribution in [-0.4, -0.2) is 50.2 Å². The number of carbonyl (C=O) groups excluding carboxylic acids is 1. The smallest absolute Gasteiger partial charge is 0.338 e. The third-order valence-corrected chi connectivity index (χ3v) is 8.28. The third kappa shape index (κ3) is 4.70. The monoisotopic (exact) mass is 585 g/mol. The summed E-state index contributed by atoms with van der Waals surface area (Å²) in [4.78, 5) is 35.2. The fourth-order valence-electron chi connectivity index (χ4n) is 5.34. The van der Waals surface area contributed by atoms with Crippen molar-refractivity contribution in [3.8, 4) is 11.5 Å². The first-order valence-corrected chi connectivity index (χ1v) is 14.5. The molecule has 5 heterocycles. The van der Waals surface area contributed by atoms with E-state index in [9.17, 15) is 9.59 Å². The molecule has 0 amide bonds. The van der Waals surface area contributed by atoms with Crippen LogP contribution in [0.15, 0.2) is 80.4 Å². The summed E-state index contributed by atoms with van der Waals surface area (Å²) in [5.41, 5.74) is 1.85. The lowest BCUT2D eigenvalue weighted by molar-refractivity contribution is -0.138. The molecule has 11 heteroatoms. The van der Waals surface area contributed by atoms with Gasteiger partial charge in [-0.1, -0.05) is 47.7 Å². The van der Waals surface area contributed by atoms with Crippen LogP contribution in [0.4, 0.5) is 5.88 Å². The first kappa shape index (κ1) is 26.3. The molecule has 1 atom stereocenters. The minimum absolute atomic E-state index is 0.104. The van der Waals surface area contributed by atoms with Gasteiger partial charge in [-0.2, -0.15) is 0 Å². The third-order valence-electron chi connectivity index (χ3n) is 7.29. The number of fused-ring (bicyclic) bond motifs is 2. The molecular weight excluding hydrogens is 558 g/mol. The Kier molecular flexibility index (Phi) is 6.88. The zero-order valence-corrected chi connectivity index (χ0v) is 23.6. The van der Waals surface area contributed by atoms with Gasteiger partial charge in [0.05, 0.1) is 41.7 Å². The van der Waals surface area contributed by atoms with Crippen molar-refractivity contribution in [2.75, 3.05) is 44.6 Å². The molecule has 10 nitrogen and oxygen atoms in total. The number of carbonyl (C=O) groups is 1. The van der Waals surface area contributed by atoms with Gasteiger partial charge in [-0.3, -0.25) is 9.36 Å². The molecule has 0 saturated carbocycles. The average Bonchev–Trinajstić information content (AvgIpc) is 3.76. The lowest BCUT2D eigenvalue weighted by Crippen LogP contribution is -2.40. The maximum atomic E-state index is 14.1. The zero-order valence-electron chi connectivity index (χ0n) is 22.8. The topological polar surface area (TPSA) is 105 Å². The van der Waals surface area contributed by atoms with E-state index in [1.54, 1.807) is 29.7 Å². The van der Waals surface area contributed by atoms with Crippen LogP contribution in [0.2, 0.25) is 0 Å². The summed E-state index contributed by atoms with van der Waals surface area (Å²) in [6.45, 7) is 4.79. The maximum absolute atomic E-state index is 14.1. The number of rotatable bonds is 6. The maximum Gasteiger partial charge on any atom is 0.338 e. The Bertz CT molecular complexity index is 1870. The summed E-state index contributed by atoms with van der Waals surface area (Å²) >= 11 is 1.24. The molecule has 3 aliphatic rings. The van der Waals surface area contributed by atoms with E-state index in [2.05, 4.69) is 4.90 Å². The van der Waals surface area contributed by atoms with Crippen molar-refractivity contribution in [3.63, 3.8) is 0 Å². The predicted octanol–water partition coefficient (Wildman–Crippen LogP) is 3.09. The molecule has 3 aliphatic heterocycles. The van der Waals surface area contributed by atoms with E-state index in [1.807, 2.05) is 48.5 Å². The van der Waals surface area contributed by atoms with Gasteiger partial charge < -0.3 is 28.3 Å². The summed E-state index contributed by atoms with van der Waals surface area (Å²) in [6.07, 6.45) is 1.72. The highest BCUT2D eigenvalue weighted by atomic mass is 32.1. The summed E-state index contributed by atoms with van der Waals surface area (Å²) in [5.74, 6) is 1.88. The number of benzene rings is 2. The van der Waals surface area contributed by atoms with E-state index < -0.39 is 12.0 Å². The van der Waals surface area contributed by atoms with Crippen LogP contribution in [0.3, 0.4) is 0 Å². The number of furan rings is 1. The first-order valence-electron chi connectivity index (χ1n) is 13.7. The van der Waals surface area contributed by atoms with Gasteiger partial charge in [0.2, 0.25) is 6.79 Å². The van der Waals surface area contributed by atoms with E-state index in [-0.39, 0.29) is 24.5 Å². The van der Waals surface area contributed by atoms with Gasteiger partial charge in [0.1, 0.15) is 5.76 Å². The minimum atomic E-state index is -0.812. The molecule has 214 valence electrons. The molecule has 0 radical (unpaired) electrons. The predicted molar refractivity (Wildman–Crippen MR) is 155 cm³/mol. The molecule has 0 N–H and O–H groups in total. The number of ether oxygens (including phenoxy) is 4. The first-order chi connectivity index (χ1) is 20.6. The second-order valence-corrected chi connectivity index (χ2v) is 10.8. The highest BCUT2D eigenvalue weighted by Gasteiger charge is 2.36. The molecule has 4 aromatic rings. The number of anilines is 1. The summed E-state index contributed by atoms with van der Waals surface area (Å²) < 4.78 is 30.2. The van der Waals surface area contributed by atoms with E-state index in [0.717, 1.165) is 24.5 Å². The van der Waals surface area contributed by atoms with Crippen LogP contribution in [0, 0.1) is 0 Å². The fraction of sp³-hybridized carbons (Fsp3) is 0.258. The lowest BCUT2D eigenvalue weighted by Gasteiger charge is -2.26. The van der Waals surface area contributed by atoms with Crippen molar-refractivity contribution in [1.29, 1.82) is 0 Å². The molecular formula is C31H27N3O7S. The lowest BCUT2D eigenvalue weighted by atomic mass is 9.93. The van der Waals surface area contributed by atoms with Gasteiger partial charge in [0.25, 0.3) is 5.56 Å². The van der Waals surface area contributed by atoms with Crippen molar-refractivity contribution < 1.29 is 28.2 Å². The van der Waals surface area contributed by atoms with Gasteiger partial charge in [0, 0.05) is 30.8 Å². The molecule has 2 aromatic heterocycles. The second-order valence-electron chi connectivity index (χ2n) is 9.82. The Balaban J connectivity index is 1.42. The number of thiazole rings is 1. The molecule has 42 heavy (non-hydrogen) atoms. The van der Waals surface area contributed by atoms with Crippen LogP contribution >= 0.6 is 11.3 Å². The molecule has 0 bridgehead atoms. The SMILES string of the molecule is CCOC(=O)C1=C(c2ccccc2)N=c2sc(=Cc3ccc(N4CCOCC4)o3)c(=O)n2[C@H]1c1ccc2c(c1)OCO2. The van der Waals surface area contributed by atoms with E-state index in [0.29, 0.717) is 51.1 Å². The fourth-order valence-corrected chi connectivity index (χ4v) is 6.32. The number of morpholine rings is 1. The second kappa shape index (κ2) is 11.0. The number of hydrogen-bond donors (Lipinski definition) is 0. The Morgan fingerprint density at radius 1 is 1.07 bits per heavy atom. The van der Waals surface area contributed by atoms with Crippen LogP contribution in [0.1, 0.15) is 29.9 Å². The van der Waals surface area contributed by atoms with E-state index in [1.165, 1.54) is 11.3 Å². The quantitative estimate of drug-likeness (QED) is 0.318. The Hall–Kier alpha value is -4.61. The molecule has 1 fully saturated rings. The molecule has 2 aromatic carbocycles. The van der Waals surface area contributed by atoms with Crippen molar-refractivity contribution in [2.45, 2.75) is 13.0 Å².